The summed E-state index contributed by atoms with van der Waals surface area (Å²) in [6.07, 6.45) is 2.51. The fourth-order valence-electron chi connectivity index (χ4n) is 2.45. The maximum atomic E-state index is 11.9. The Balaban J connectivity index is 1.69. The molecule has 4 nitrogen and oxygen atoms in total. The van der Waals surface area contributed by atoms with Gasteiger partial charge in [-0.05, 0) is 31.5 Å². The number of hydrogen-bond acceptors (Lipinski definition) is 3. The van der Waals surface area contributed by atoms with Gasteiger partial charge in [-0.15, -0.1) is 0 Å². The van der Waals surface area contributed by atoms with E-state index in [-0.39, 0.29) is 12.0 Å². The van der Waals surface area contributed by atoms with Crippen molar-refractivity contribution >= 4 is 5.91 Å². The predicted molar refractivity (Wildman–Crippen MR) is 87.4 cm³/mol. The highest BCUT2D eigenvalue weighted by Gasteiger charge is 2.19. The van der Waals surface area contributed by atoms with E-state index in [0.29, 0.717) is 13.1 Å². The first-order chi connectivity index (χ1) is 10.8. The Morgan fingerprint density at radius 1 is 1.41 bits per heavy atom. The topological polar surface area (TPSA) is 41.6 Å². The van der Waals surface area contributed by atoms with Crippen molar-refractivity contribution in [2.75, 3.05) is 32.8 Å². The van der Waals surface area contributed by atoms with Gasteiger partial charge in [-0.2, -0.15) is 0 Å². The molecule has 0 aromatic heterocycles. The third-order valence-corrected chi connectivity index (χ3v) is 3.68. The summed E-state index contributed by atoms with van der Waals surface area (Å²) in [6, 6.07) is 9.77. The van der Waals surface area contributed by atoms with E-state index in [9.17, 15) is 4.79 Å². The van der Waals surface area contributed by atoms with Gasteiger partial charge >= 0.3 is 0 Å². The standard InChI is InChI=1S/C18H24N2O2/c1-2-20(14-17-11-7-13-22-17)15-18(21)19-12-6-10-16-8-4-3-5-9-16/h3-5,8-9,17H,2,7,11-15H2,1H3,(H,19,21)/t17-/m1/s1. The highest BCUT2D eigenvalue weighted by atomic mass is 16.5. The Morgan fingerprint density at radius 2 is 2.23 bits per heavy atom. The second kappa shape index (κ2) is 9.24. The van der Waals surface area contributed by atoms with E-state index in [1.807, 2.05) is 30.3 Å². The van der Waals surface area contributed by atoms with Crippen LogP contribution in [0.25, 0.3) is 0 Å². The van der Waals surface area contributed by atoms with Crippen LogP contribution in [0.4, 0.5) is 0 Å². The van der Waals surface area contributed by atoms with E-state index >= 15 is 0 Å². The van der Waals surface area contributed by atoms with Crippen LogP contribution in [-0.2, 0) is 9.53 Å². The van der Waals surface area contributed by atoms with Gasteiger partial charge in [0.15, 0.2) is 0 Å². The van der Waals surface area contributed by atoms with E-state index in [4.69, 9.17) is 4.74 Å². The first kappa shape index (κ1) is 16.5. The molecule has 1 aliphatic heterocycles. The normalized spacial score (nSPS) is 17.1. The number of carbonyl (C=O) groups is 1. The van der Waals surface area contributed by atoms with Crippen LogP contribution in [0.3, 0.4) is 0 Å². The van der Waals surface area contributed by atoms with Gasteiger partial charge in [0.2, 0.25) is 5.91 Å². The van der Waals surface area contributed by atoms with Gasteiger partial charge < -0.3 is 10.1 Å². The van der Waals surface area contributed by atoms with Crippen LogP contribution >= 0.6 is 0 Å². The molecule has 1 aromatic rings. The Hall–Kier alpha value is -1.83. The monoisotopic (exact) mass is 300 g/mol. The molecule has 1 saturated heterocycles. The number of ether oxygens (including phenoxy) is 1. The second-order valence-electron chi connectivity index (χ2n) is 5.41. The van der Waals surface area contributed by atoms with Crippen molar-refractivity contribution in [2.24, 2.45) is 0 Å². The van der Waals surface area contributed by atoms with Crippen LogP contribution in [-0.4, -0.2) is 49.7 Å². The number of rotatable bonds is 6. The summed E-state index contributed by atoms with van der Waals surface area (Å²) in [7, 11) is 0. The molecule has 22 heavy (non-hydrogen) atoms. The molecule has 1 aliphatic rings. The molecule has 1 amide bonds. The van der Waals surface area contributed by atoms with Crippen molar-refractivity contribution in [3.8, 4) is 11.8 Å². The molecule has 0 unspecified atom stereocenters. The largest absolute Gasteiger partial charge is 0.377 e. The lowest BCUT2D eigenvalue weighted by atomic mass is 10.2. The zero-order valence-electron chi connectivity index (χ0n) is 13.2. The first-order valence-electron chi connectivity index (χ1n) is 7.92. The lowest BCUT2D eigenvalue weighted by Gasteiger charge is -2.22. The quantitative estimate of drug-likeness (QED) is 0.812. The van der Waals surface area contributed by atoms with Gasteiger partial charge in [0.25, 0.3) is 0 Å². The summed E-state index contributed by atoms with van der Waals surface area (Å²) in [5.41, 5.74) is 0.963. The number of hydrogen-bond donors (Lipinski definition) is 1. The van der Waals surface area contributed by atoms with Crippen LogP contribution < -0.4 is 5.32 Å². The number of nitrogens with zero attached hydrogens (tertiary/aromatic N) is 1. The summed E-state index contributed by atoms with van der Waals surface area (Å²) < 4.78 is 5.62. The Bertz CT molecular complexity index is 513. The Labute approximate surface area is 132 Å². The molecule has 0 spiro atoms. The summed E-state index contributed by atoms with van der Waals surface area (Å²) in [5.74, 6) is 6.02. The number of benzene rings is 1. The zero-order chi connectivity index (χ0) is 15.6. The number of likely N-dealkylation sites (N-methyl/N-ethyl adjacent to an activating group) is 1. The third kappa shape index (κ3) is 5.88. The van der Waals surface area contributed by atoms with Crippen LogP contribution in [0.2, 0.25) is 0 Å². The maximum Gasteiger partial charge on any atom is 0.234 e. The van der Waals surface area contributed by atoms with Gasteiger partial charge in [-0.3, -0.25) is 9.69 Å². The molecule has 1 heterocycles. The fraction of sp³-hybridized carbons (Fsp3) is 0.500. The lowest BCUT2D eigenvalue weighted by Crippen LogP contribution is -2.40. The molecule has 0 radical (unpaired) electrons. The molecule has 0 saturated carbocycles. The van der Waals surface area contributed by atoms with Gasteiger partial charge in [-0.25, -0.2) is 0 Å². The summed E-state index contributed by atoms with van der Waals surface area (Å²) in [5, 5.41) is 2.85. The average molecular weight is 300 g/mol. The van der Waals surface area contributed by atoms with Crippen LogP contribution in [0.5, 0.6) is 0 Å². The van der Waals surface area contributed by atoms with Crippen molar-refractivity contribution in [1.29, 1.82) is 0 Å². The first-order valence-corrected chi connectivity index (χ1v) is 7.92. The summed E-state index contributed by atoms with van der Waals surface area (Å²) in [6.45, 7) is 5.39. The lowest BCUT2D eigenvalue weighted by molar-refractivity contribution is -0.122. The zero-order valence-corrected chi connectivity index (χ0v) is 13.2. The van der Waals surface area contributed by atoms with Crippen molar-refractivity contribution in [3.05, 3.63) is 35.9 Å². The fourth-order valence-corrected chi connectivity index (χ4v) is 2.45. The Morgan fingerprint density at radius 3 is 2.91 bits per heavy atom. The number of amides is 1. The SMILES string of the molecule is CCN(CC(=O)NCC#Cc1ccccc1)C[C@H]1CCCO1. The minimum absolute atomic E-state index is 0.0159. The van der Waals surface area contributed by atoms with Crippen molar-refractivity contribution < 1.29 is 9.53 Å². The van der Waals surface area contributed by atoms with Gasteiger partial charge in [0.05, 0.1) is 19.2 Å². The van der Waals surface area contributed by atoms with Crippen LogP contribution in [0.1, 0.15) is 25.3 Å². The number of nitrogens with one attached hydrogen (secondary N) is 1. The minimum Gasteiger partial charge on any atom is -0.377 e. The molecule has 118 valence electrons. The highest BCUT2D eigenvalue weighted by Crippen LogP contribution is 2.12. The molecule has 1 aromatic carbocycles. The summed E-state index contributed by atoms with van der Waals surface area (Å²) in [4.78, 5) is 14.1. The van der Waals surface area contributed by atoms with Crippen LogP contribution in [0, 0.1) is 11.8 Å². The van der Waals surface area contributed by atoms with Gasteiger partial charge in [-0.1, -0.05) is 37.0 Å². The van der Waals surface area contributed by atoms with E-state index in [2.05, 4.69) is 29.0 Å². The molecule has 0 bridgehead atoms. The molecule has 1 atom stereocenters. The third-order valence-electron chi connectivity index (χ3n) is 3.68. The average Bonchev–Trinajstić information content (AvgIpc) is 3.05. The second-order valence-corrected chi connectivity index (χ2v) is 5.41. The molecule has 1 N–H and O–H groups in total. The molecular weight excluding hydrogens is 276 g/mol. The smallest absolute Gasteiger partial charge is 0.234 e. The molecule has 1 fully saturated rings. The number of carbonyl (C=O) groups excluding carboxylic acids is 1. The van der Waals surface area contributed by atoms with E-state index in [0.717, 1.165) is 38.1 Å². The summed E-state index contributed by atoms with van der Waals surface area (Å²) >= 11 is 0. The molecule has 4 heteroatoms. The van der Waals surface area contributed by atoms with E-state index < -0.39 is 0 Å². The Kier molecular flexibility index (Phi) is 6.95. The highest BCUT2D eigenvalue weighted by molar-refractivity contribution is 5.78. The van der Waals surface area contributed by atoms with Crippen molar-refractivity contribution in [2.45, 2.75) is 25.9 Å². The molecule has 2 rings (SSSR count). The van der Waals surface area contributed by atoms with E-state index in [1.165, 1.54) is 0 Å². The predicted octanol–water partition coefficient (Wildman–Crippen LogP) is 1.66. The minimum atomic E-state index is 0.0159. The van der Waals surface area contributed by atoms with Gasteiger partial charge in [0.1, 0.15) is 0 Å². The van der Waals surface area contributed by atoms with E-state index in [1.54, 1.807) is 0 Å². The van der Waals surface area contributed by atoms with Crippen molar-refractivity contribution in [1.82, 2.24) is 10.2 Å². The van der Waals surface area contributed by atoms with Crippen molar-refractivity contribution in [3.63, 3.8) is 0 Å². The molecule has 0 aliphatic carbocycles. The maximum absolute atomic E-state index is 11.9. The van der Waals surface area contributed by atoms with Gasteiger partial charge in [0, 0.05) is 18.7 Å². The molecular formula is C18H24N2O2. The van der Waals surface area contributed by atoms with Crippen LogP contribution in [0.15, 0.2) is 30.3 Å².